The first-order chi connectivity index (χ1) is 31.5. The normalized spacial score (nSPS) is 55.6. The first kappa shape index (κ1) is 52.1. The quantitative estimate of drug-likeness (QED) is 0.105. The lowest BCUT2D eigenvalue weighted by molar-refractivity contribution is -0.398. The second-order valence-corrected chi connectivity index (χ2v) is 22.9. The van der Waals surface area contributed by atoms with Crippen molar-refractivity contribution in [2.24, 2.45) is 44.3 Å². The summed E-state index contributed by atoms with van der Waals surface area (Å²) in [7, 11) is 0. The first-order valence-corrected chi connectivity index (χ1v) is 24.3. The van der Waals surface area contributed by atoms with Crippen molar-refractivity contribution in [3.63, 3.8) is 0 Å². The molecule has 0 radical (unpaired) electrons. The Labute approximate surface area is 391 Å². The molecule has 25 atom stereocenters. The van der Waals surface area contributed by atoms with Crippen LogP contribution < -0.4 is 0 Å². The van der Waals surface area contributed by atoms with Crippen LogP contribution in [0.1, 0.15) is 92.9 Å². The summed E-state index contributed by atoms with van der Waals surface area (Å²) >= 11 is 0. The van der Waals surface area contributed by atoms with E-state index in [2.05, 4.69) is 39.8 Å². The van der Waals surface area contributed by atoms with Gasteiger partial charge in [-0.3, -0.25) is 0 Å². The molecule has 6 fully saturated rings. The molecule has 67 heavy (non-hydrogen) atoms. The molecular formula is C48H78O19. The highest BCUT2D eigenvalue weighted by atomic mass is 16.8. The topological polar surface area (TPSA) is 318 Å². The van der Waals surface area contributed by atoms with Crippen molar-refractivity contribution < 1.29 is 94.8 Å². The maximum absolute atomic E-state index is 12.1. The van der Waals surface area contributed by atoms with E-state index in [9.17, 15) is 66.4 Å². The summed E-state index contributed by atoms with van der Waals surface area (Å²) < 4.78 is 37.1. The Kier molecular flexibility index (Phi) is 14.5. The third kappa shape index (κ3) is 7.97. The Balaban J connectivity index is 1.12. The minimum absolute atomic E-state index is 0.00236. The minimum atomic E-state index is -1.90. The van der Waals surface area contributed by atoms with Gasteiger partial charge in [0.25, 0.3) is 0 Å². The van der Waals surface area contributed by atoms with Crippen LogP contribution in [0, 0.1) is 44.3 Å². The SMILES string of the molecule is CC1OC(OC2CCC3(C)C(CCC4(C)C3C=CC3=C5CC(C)(CO)CCC5(CO)C(O)CC34C)C2(C)CO)C(OC2OC(CO)C(O)C(O)C2O)C(OC2OC(CO)C(O)C(O)C2O)C1O. The second kappa shape index (κ2) is 18.6. The summed E-state index contributed by atoms with van der Waals surface area (Å²) in [5, 5.41) is 141. The van der Waals surface area contributed by atoms with Crippen LogP contribution in [0.25, 0.3) is 0 Å². The standard InChI is InChI=1S/C48H78O19/c1-22-31(55)38(66-40-36(60)34(58)32(56)25(17-49)63-40)39(67-41-37(61)35(59)33(57)26(18-50)64-41)42(62-22)65-30-10-11-44(3)27(45(30,4)20-52)9-12-46(5)28(44)8-7-23-24-15-43(2,19-51)13-14-48(24,21-53)29(54)16-47(23,46)6/h7-8,22,25-42,49-61H,9-21H2,1-6H3. The van der Waals surface area contributed by atoms with Gasteiger partial charge in [0.05, 0.1) is 44.7 Å². The second-order valence-electron chi connectivity index (χ2n) is 22.9. The van der Waals surface area contributed by atoms with Gasteiger partial charge < -0.3 is 94.8 Å². The Morgan fingerprint density at radius 2 is 1.21 bits per heavy atom. The number of aliphatic hydroxyl groups is 13. The number of hydrogen-bond donors (Lipinski definition) is 13. The van der Waals surface area contributed by atoms with E-state index < -0.39 is 139 Å². The summed E-state index contributed by atoms with van der Waals surface area (Å²) in [5.41, 5.74) is -1.14. The largest absolute Gasteiger partial charge is 0.396 e. The molecule has 25 unspecified atom stereocenters. The molecule has 0 spiro atoms. The molecule has 0 aromatic carbocycles. The summed E-state index contributed by atoms with van der Waals surface area (Å²) in [4.78, 5) is 0. The fraction of sp³-hybridized carbons (Fsp3) is 0.917. The molecule has 3 aliphatic heterocycles. The van der Waals surface area contributed by atoms with Crippen molar-refractivity contribution in [2.45, 2.75) is 197 Å². The Morgan fingerprint density at radius 1 is 0.612 bits per heavy atom. The van der Waals surface area contributed by atoms with Crippen molar-refractivity contribution >= 4 is 0 Å². The molecule has 3 heterocycles. The van der Waals surface area contributed by atoms with Crippen LogP contribution in [0.3, 0.4) is 0 Å². The lowest BCUT2D eigenvalue weighted by Gasteiger charge is -2.70. The van der Waals surface area contributed by atoms with E-state index in [-0.39, 0.29) is 42.5 Å². The molecule has 8 aliphatic rings. The number of allylic oxidation sites excluding steroid dienone is 3. The van der Waals surface area contributed by atoms with Gasteiger partial charge in [0.2, 0.25) is 0 Å². The number of hydrogen-bond acceptors (Lipinski definition) is 19. The van der Waals surface area contributed by atoms with Gasteiger partial charge in [-0.25, -0.2) is 0 Å². The summed E-state index contributed by atoms with van der Waals surface area (Å²) in [5.74, 6) is -0.152. The molecule has 384 valence electrons. The van der Waals surface area contributed by atoms with E-state index in [0.717, 1.165) is 17.6 Å². The Morgan fingerprint density at radius 3 is 1.76 bits per heavy atom. The molecule has 5 aliphatic carbocycles. The molecule has 3 saturated heterocycles. The number of aliphatic hydroxyl groups excluding tert-OH is 13. The van der Waals surface area contributed by atoms with Crippen LogP contribution in [0.2, 0.25) is 0 Å². The molecule has 0 amide bonds. The highest BCUT2D eigenvalue weighted by molar-refractivity contribution is 5.47. The van der Waals surface area contributed by atoms with Crippen LogP contribution in [0.15, 0.2) is 23.3 Å². The van der Waals surface area contributed by atoms with Gasteiger partial charge in [-0.1, -0.05) is 52.3 Å². The molecular weight excluding hydrogens is 881 g/mol. The predicted molar refractivity (Wildman–Crippen MR) is 233 cm³/mol. The maximum Gasteiger partial charge on any atom is 0.187 e. The Hall–Kier alpha value is -1.28. The zero-order valence-electron chi connectivity index (χ0n) is 39.6. The van der Waals surface area contributed by atoms with E-state index >= 15 is 0 Å². The lowest BCUT2D eigenvalue weighted by Crippen LogP contribution is -2.68. The van der Waals surface area contributed by atoms with E-state index in [0.29, 0.717) is 44.9 Å². The van der Waals surface area contributed by atoms with Crippen LogP contribution in [-0.4, -0.2) is 204 Å². The minimum Gasteiger partial charge on any atom is -0.396 e. The number of ether oxygens (including phenoxy) is 6. The number of fused-ring (bicyclic) bond motifs is 6. The fourth-order valence-corrected chi connectivity index (χ4v) is 14.6. The van der Waals surface area contributed by atoms with Gasteiger partial charge in [0.15, 0.2) is 18.9 Å². The molecule has 0 bridgehead atoms. The van der Waals surface area contributed by atoms with Crippen molar-refractivity contribution in [1.82, 2.24) is 0 Å². The van der Waals surface area contributed by atoms with E-state index in [4.69, 9.17) is 28.4 Å². The third-order valence-corrected chi connectivity index (χ3v) is 19.2. The van der Waals surface area contributed by atoms with Gasteiger partial charge in [-0.05, 0) is 91.9 Å². The zero-order valence-corrected chi connectivity index (χ0v) is 39.6. The maximum atomic E-state index is 12.1. The highest BCUT2D eigenvalue weighted by Gasteiger charge is 2.69. The molecule has 0 aromatic rings. The first-order valence-electron chi connectivity index (χ1n) is 24.3. The zero-order chi connectivity index (χ0) is 49.0. The summed E-state index contributed by atoms with van der Waals surface area (Å²) in [6, 6.07) is 0. The average Bonchev–Trinajstić information content (AvgIpc) is 3.30. The fourth-order valence-electron chi connectivity index (χ4n) is 14.6. The van der Waals surface area contributed by atoms with Gasteiger partial charge in [0, 0.05) is 22.9 Å². The van der Waals surface area contributed by atoms with Crippen LogP contribution in [-0.2, 0) is 28.4 Å². The summed E-state index contributed by atoms with van der Waals surface area (Å²) in [6.45, 7) is 10.4. The van der Waals surface area contributed by atoms with E-state index in [1.54, 1.807) is 0 Å². The van der Waals surface area contributed by atoms with Crippen LogP contribution in [0.4, 0.5) is 0 Å². The predicted octanol–water partition coefficient (Wildman–Crippen LogP) is -1.52. The molecule has 0 aromatic heterocycles. The van der Waals surface area contributed by atoms with Crippen LogP contribution >= 0.6 is 0 Å². The van der Waals surface area contributed by atoms with E-state index in [1.165, 1.54) is 6.92 Å². The van der Waals surface area contributed by atoms with Gasteiger partial charge in [0.1, 0.15) is 67.1 Å². The van der Waals surface area contributed by atoms with E-state index in [1.807, 2.05) is 6.92 Å². The monoisotopic (exact) mass is 959 g/mol. The summed E-state index contributed by atoms with van der Waals surface area (Å²) in [6.07, 6.45) is -16.8. The van der Waals surface area contributed by atoms with Crippen molar-refractivity contribution in [3.05, 3.63) is 23.3 Å². The highest BCUT2D eigenvalue weighted by Crippen LogP contribution is 2.74. The molecule has 3 saturated carbocycles. The van der Waals surface area contributed by atoms with Crippen molar-refractivity contribution in [1.29, 1.82) is 0 Å². The third-order valence-electron chi connectivity index (χ3n) is 19.2. The van der Waals surface area contributed by atoms with Crippen LogP contribution in [0.5, 0.6) is 0 Å². The molecule has 8 rings (SSSR count). The lowest BCUT2D eigenvalue weighted by atomic mass is 9.35. The Bertz CT molecular complexity index is 1830. The smallest absolute Gasteiger partial charge is 0.187 e. The van der Waals surface area contributed by atoms with Crippen molar-refractivity contribution in [2.75, 3.05) is 33.0 Å². The molecule has 19 heteroatoms. The average molecular weight is 959 g/mol. The van der Waals surface area contributed by atoms with Crippen molar-refractivity contribution in [3.8, 4) is 0 Å². The van der Waals surface area contributed by atoms with Gasteiger partial charge in [-0.15, -0.1) is 0 Å². The number of rotatable bonds is 11. The van der Waals surface area contributed by atoms with Gasteiger partial charge >= 0.3 is 0 Å². The molecule has 13 N–H and O–H groups in total. The molecule has 19 nitrogen and oxygen atoms in total. The van der Waals surface area contributed by atoms with Gasteiger partial charge in [-0.2, -0.15) is 0 Å².